The first-order valence-corrected chi connectivity index (χ1v) is 5.12. The molecular formula is C9H14ClN3. The molecule has 1 unspecified atom stereocenters. The van der Waals surface area contributed by atoms with Gasteiger partial charge in [0.25, 0.3) is 0 Å². The van der Waals surface area contributed by atoms with E-state index < -0.39 is 0 Å². The molecule has 1 atom stereocenters. The summed E-state index contributed by atoms with van der Waals surface area (Å²) < 4.78 is 2.08. The van der Waals surface area contributed by atoms with Gasteiger partial charge in [-0.2, -0.15) is 0 Å². The molecule has 0 radical (unpaired) electrons. The minimum absolute atomic E-state index is 0.597. The van der Waals surface area contributed by atoms with Crippen molar-refractivity contribution in [2.24, 2.45) is 0 Å². The van der Waals surface area contributed by atoms with Crippen LogP contribution in [0, 0.1) is 0 Å². The van der Waals surface area contributed by atoms with E-state index in [4.69, 9.17) is 11.6 Å². The zero-order chi connectivity index (χ0) is 9.26. The first-order valence-electron chi connectivity index (χ1n) is 4.74. The van der Waals surface area contributed by atoms with Gasteiger partial charge in [0.05, 0.1) is 6.20 Å². The standard InChI is InChI=1S/C9H14ClN3/c1-2-13-8(6-12-9(13)10)7-3-4-11-5-7/h6-7,11H,2-5H2,1H3. The van der Waals surface area contributed by atoms with E-state index in [-0.39, 0.29) is 0 Å². The van der Waals surface area contributed by atoms with Gasteiger partial charge in [-0.25, -0.2) is 4.98 Å². The van der Waals surface area contributed by atoms with Crippen LogP contribution in [-0.2, 0) is 6.54 Å². The highest BCUT2D eigenvalue weighted by Crippen LogP contribution is 2.24. The van der Waals surface area contributed by atoms with Crippen LogP contribution in [0.5, 0.6) is 0 Å². The largest absolute Gasteiger partial charge is 0.319 e. The van der Waals surface area contributed by atoms with E-state index in [1.54, 1.807) is 0 Å². The summed E-state index contributed by atoms with van der Waals surface area (Å²) in [4.78, 5) is 4.13. The number of aromatic nitrogens is 2. The van der Waals surface area contributed by atoms with Crippen LogP contribution in [0.15, 0.2) is 6.20 Å². The predicted octanol–water partition coefficient (Wildman–Crippen LogP) is 1.63. The van der Waals surface area contributed by atoms with Crippen LogP contribution in [0.3, 0.4) is 0 Å². The van der Waals surface area contributed by atoms with E-state index in [0.717, 1.165) is 19.6 Å². The normalized spacial score (nSPS) is 22.5. The van der Waals surface area contributed by atoms with Crippen LogP contribution in [0.1, 0.15) is 25.0 Å². The molecule has 2 heterocycles. The number of hydrogen-bond donors (Lipinski definition) is 1. The third-order valence-electron chi connectivity index (χ3n) is 2.63. The lowest BCUT2D eigenvalue weighted by molar-refractivity contribution is 0.641. The maximum absolute atomic E-state index is 5.95. The average molecular weight is 200 g/mol. The van der Waals surface area contributed by atoms with Crippen LogP contribution < -0.4 is 5.32 Å². The molecule has 0 spiro atoms. The summed E-state index contributed by atoms with van der Waals surface area (Å²) in [5.41, 5.74) is 1.28. The predicted molar refractivity (Wildman–Crippen MR) is 53.1 cm³/mol. The molecule has 1 saturated heterocycles. The summed E-state index contributed by atoms with van der Waals surface area (Å²) in [5, 5.41) is 3.96. The maximum Gasteiger partial charge on any atom is 0.202 e. The molecule has 2 rings (SSSR count). The summed E-state index contributed by atoms with van der Waals surface area (Å²) in [6, 6.07) is 0. The Kier molecular flexibility index (Phi) is 2.56. The lowest BCUT2D eigenvalue weighted by Gasteiger charge is -2.11. The first kappa shape index (κ1) is 9.03. The van der Waals surface area contributed by atoms with E-state index in [0.29, 0.717) is 11.2 Å². The summed E-state index contributed by atoms with van der Waals surface area (Å²) in [6.07, 6.45) is 3.10. The quantitative estimate of drug-likeness (QED) is 0.785. The monoisotopic (exact) mass is 199 g/mol. The lowest BCUT2D eigenvalue weighted by Crippen LogP contribution is -2.11. The molecule has 3 nitrogen and oxygen atoms in total. The number of rotatable bonds is 2. The SMILES string of the molecule is CCn1c(C2CCNC2)cnc1Cl. The second kappa shape index (κ2) is 3.68. The Bertz CT molecular complexity index is 289. The molecule has 0 saturated carbocycles. The Morgan fingerprint density at radius 1 is 1.77 bits per heavy atom. The molecule has 1 N–H and O–H groups in total. The van der Waals surface area contributed by atoms with Crippen LogP contribution in [0.25, 0.3) is 0 Å². The third kappa shape index (κ3) is 1.58. The fraction of sp³-hybridized carbons (Fsp3) is 0.667. The van der Waals surface area contributed by atoms with Crippen LogP contribution in [0.4, 0.5) is 0 Å². The van der Waals surface area contributed by atoms with Crippen molar-refractivity contribution in [2.45, 2.75) is 25.8 Å². The van der Waals surface area contributed by atoms with Crippen molar-refractivity contribution in [3.05, 3.63) is 17.2 Å². The Hall–Kier alpha value is -0.540. The number of halogens is 1. The molecule has 4 heteroatoms. The molecule has 0 aliphatic carbocycles. The summed E-state index contributed by atoms with van der Waals surface area (Å²) in [6.45, 7) is 5.17. The number of hydrogen-bond acceptors (Lipinski definition) is 2. The van der Waals surface area contributed by atoms with Crippen molar-refractivity contribution >= 4 is 11.6 Å². The van der Waals surface area contributed by atoms with Gasteiger partial charge in [-0.15, -0.1) is 0 Å². The van der Waals surface area contributed by atoms with Crippen molar-refractivity contribution in [1.29, 1.82) is 0 Å². The smallest absolute Gasteiger partial charge is 0.202 e. The third-order valence-corrected chi connectivity index (χ3v) is 2.93. The summed E-state index contributed by atoms with van der Waals surface area (Å²) in [7, 11) is 0. The average Bonchev–Trinajstić information content (AvgIpc) is 2.71. The fourth-order valence-corrected chi connectivity index (χ4v) is 2.18. The Labute approximate surface area is 83.1 Å². The van der Waals surface area contributed by atoms with E-state index >= 15 is 0 Å². The highest BCUT2D eigenvalue weighted by molar-refractivity contribution is 6.28. The number of imidazole rings is 1. The van der Waals surface area contributed by atoms with E-state index in [2.05, 4.69) is 21.8 Å². The molecule has 1 fully saturated rings. The molecule has 1 aliphatic rings. The van der Waals surface area contributed by atoms with Gasteiger partial charge in [0.1, 0.15) is 0 Å². The molecule has 13 heavy (non-hydrogen) atoms. The van der Waals surface area contributed by atoms with Gasteiger partial charge in [-0.05, 0) is 31.5 Å². The Balaban J connectivity index is 2.27. The first-order chi connectivity index (χ1) is 6.33. The summed E-state index contributed by atoms with van der Waals surface area (Å²) in [5.74, 6) is 0.597. The van der Waals surface area contributed by atoms with Crippen LogP contribution in [-0.4, -0.2) is 22.6 Å². The van der Waals surface area contributed by atoms with Gasteiger partial charge in [-0.3, -0.25) is 0 Å². The Morgan fingerprint density at radius 3 is 3.23 bits per heavy atom. The molecule has 0 amide bonds. The van der Waals surface area contributed by atoms with Crippen molar-refractivity contribution in [1.82, 2.24) is 14.9 Å². The van der Waals surface area contributed by atoms with E-state index in [1.165, 1.54) is 12.1 Å². The maximum atomic E-state index is 5.95. The molecule has 1 aliphatic heterocycles. The zero-order valence-corrected chi connectivity index (χ0v) is 8.51. The van der Waals surface area contributed by atoms with Gasteiger partial charge in [-0.1, -0.05) is 0 Å². The van der Waals surface area contributed by atoms with Crippen LogP contribution in [0.2, 0.25) is 5.28 Å². The minimum atomic E-state index is 0.597. The number of nitrogens with zero attached hydrogens (tertiary/aromatic N) is 2. The zero-order valence-electron chi connectivity index (χ0n) is 7.76. The second-order valence-electron chi connectivity index (χ2n) is 3.39. The molecule has 0 aromatic carbocycles. The van der Waals surface area contributed by atoms with Gasteiger partial charge in [0.15, 0.2) is 0 Å². The van der Waals surface area contributed by atoms with Gasteiger partial charge < -0.3 is 9.88 Å². The van der Waals surface area contributed by atoms with E-state index in [9.17, 15) is 0 Å². The van der Waals surface area contributed by atoms with E-state index in [1.807, 2.05) is 6.20 Å². The van der Waals surface area contributed by atoms with Crippen molar-refractivity contribution in [3.63, 3.8) is 0 Å². The van der Waals surface area contributed by atoms with Gasteiger partial charge in [0, 0.05) is 24.7 Å². The van der Waals surface area contributed by atoms with Gasteiger partial charge in [0.2, 0.25) is 5.28 Å². The molecule has 72 valence electrons. The number of nitrogens with one attached hydrogen (secondary N) is 1. The molecular weight excluding hydrogens is 186 g/mol. The minimum Gasteiger partial charge on any atom is -0.319 e. The topological polar surface area (TPSA) is 29.9 Å². The van der Waals surface area contributed by atoms with Crippen molar-refractivity contribution in [2.75, 3.05) is 13.1 Å². The lowest BCUT2D eigenvalue weighted by atomic mass is 10.1. The second-order valence-corrected chi connectivity index (χ2v) is 3.72. The van der Waals surface area contributed by atoms with Crippen molar-refractivity contribution < 1.29 is 0 Å². The molecule has 0 bridgehead atoms. The fourth-order valence-electron chi connectivity index (χ4n) is 1.91. The molecule has 1 aromatic heterocycles. The van der Waals surface area contributed by atoms with Gasteiger partial charge >= 0.3 is 0 Å². The highest BCUT2D eigenvalue weighted by Gasteiger charge is 2.21. The molecule has 1 aromatic rings. The van der Waals surface area contributed by atoms with Crippen molar-refractivity contribution in [3.8, 4) is 0 Å². The van der Waals surface area contributed by atoms with Crippen LogP contribution >= 0.6 is 11.6 Å². The summed E-state index contributed by atoms with van der Waals surface area (Å²) >= 11 is 5.95. The highest BCUT2D eigenvalue weighted by atomic mass is 35.5. The Morgan fingerprint density at radius 2 is 2.62 bits per heavy atom.